The second kappa shape index (κ2) is 6.23. The number of carboxylic acids is 1. The van der Waals surface area contributed by atoms with Crippen LogP contribution in [0.25, 0.3) is 0 Å². The predicted molar refractivity (Wildman–Crippen MR) is 82.4 cm³/mol. The average molecular weight is 295 g/mol. The van der Waals surface area contributed by atoms with Crippen LogP contribution in [0.4, 0.5) is 0 Å². The summed E-state index contributed by atoms with van der Waals surface area (Å²) in [4.78, 5) is 17.0. The van der Waals surface area contributed by atoms with E-state index in [1.165, 1.54) is 19.4 Å². The highest BCUT2D eigenvalue weighted by Gasteiger charge is 2.52. The number of nitrogens with one attached hydrogen (secondary N) is 1. The first-order valence-corrected chi connectivity index (χ1v) is 8.60. The molecule has 0 radical (unpaired) electrons. The largest absolute Gasteiger partial charge is 0.480 e. The topological polar surface area (TPSA) is 55.8 Å². The first-order chi connectivity index (χ1) is 10.2. The zero-order valence-electron chi connectivity index (χ0n) is 13.2. The zero-order chi connectivity index (χ0) is 14.9. The molecule has 3 rings (SSSR count). The molecule has 5 nitrogen and oxygen atoms in total. The maximum atomic E-state index is 12.0. The maximum Gasteiger partial charge on any atom is 0.325 e. The third kappa shape index (κ3) is 3.10. The fourth-order valence-electron chi connectivity index (χ4n) is 4.12. The summed E-state index contributed by atoms with van der Waals surface area (Å²) < 4.78 is 0. The van der Waals surface area contributed by atoms with Crippen molar-refractivity contribution in [3.8, 4) is 0 Å². The van der Waals surface area contributed by atoms with Crippen molar-refractivity contribution in [1.29, 1.82) is 0 Å². The Morgan fingerprint density at radius 2 is 2.10 bits per heavy atom. The number of carboxylic acid groups (broad SMARTS) is 1. The first-order valence-electron chi connectivity index (χ1n) is 8.60. The number of hydrogen-bond donors (Lipinski definition) is 2. The molecular formula is C16H29N3O2. The summed E-state index contributed by atoms with van der Waals surface area (Å²) in [5.41, 5.74) is -0.712. The molecule has 3 aliphatic rings. The number of carbonyl (C=O) groups is 1. The van der Waals surface area contributed by atoms with Gasteiger partial charge in [0.25, 0.3) is 0 Å². The molecule has 2 unspecified atom stereocenters. The molecule has 2 aliphatic heterocycles. The van der Waals surface area contributed by atoms with E-state index in [9.17, 15) is 9.90 Å². The van der Waals surface area contributed by atoms with E-state index in [-0.39, 0.29) is 0 Å². The summed E-state index contributed by atoms with van der Waals surface area (Å²) in [7, 11) is 0. The van der Waals surface area contributed by atoms with Crippen molar-refractivity contribution in [2.24, 2.45) is 5.92 Å². The zero-order valence-corrected chi connectivity index (χ0v) is 13.2. The highest BCUT2D eigenvalue weighted by Crippen LogP contribution is 2.41. The summed E-state index contributed by atoms with van der Waals surface area (Å²) in [6, 6.07) is 0.663. The second-order valence-corrected chi connectivity index (χ2v) is 7.04. The number of piperazine rings is 1. The molecule has 0 aromatic carbocycles. The summed E-state index contributed by atoms with van der Waals surface area (Å²) >= 11 is 0. The van der Waals surface area contributed by atoms with Crippen LogP contribution in [-0.2, 0) is 4.79 Å². The molecule has 21 heavy (non-hydrogen) atoms. The quantitative estimate of drug-likeness (QED) is 0.734. The van der Waals surface area contributed by atoms with E-state index in [0.717, 1.165) is 45.4 Å². The number of rotatable bonds is 7. The molecule has 0 spiro atoms. The van der Waals surface area contributed by atoms with Crippen molar-refractivity contribution in [3.05, 3.63) is 0 Å². The minimum Gasteiger partial charge on any atom is -0.480 e. The normalized spacial score (nSPS) is 30.0. The van der Waals surface area contributed by atoms with E-state index < -0.39 is 11.5 Å². The van der Waals surface area contributed by atoms with Crippen LogP contribution < -0.4 is 5.32 Å². The van der Waals surface area contributed by atoms with Gasteiger partial charge in [-0.1, -0.05) is 6.92 Å². The Morgan fingerprint density at radius 3 is 2.76 bits per heavy atom. The molecule has 2 saturated heterocycles. The molecule has 3 fully saturated rings. The number of aliphatic carboxylic acids is 1. The van der Waals surface area contributed by atoms with Gasteiger partial charge in [-0.25, -0.2) is 0 Å². The summed E-state index contributed by atoms with van der Waals surface area (Å²) in [5.74, 6) is -0.324. The number of fused-ring (bicyclic) bond motifs is 1. The fourth-order valence-corrected chi connectivity index (χ4v) is 4.12. The van der Waals surface area contributed by atoms with E-state index in [4.69, 9.17) is 0 Å². The van der Waals surface area contributed by atoms with E-state index in [1.807, 2.05) is 0 Å². The minimum absolute atomic E-state index is 0.322. The average Bonchev–Trinajstić information content (AvgIpc) is 3.22. The summed E-state index contributed by atoms with van der Waals surface area (Å²) in [6.07, 6.45) is 5.69. The minimum atomic E-state index is -0.712. The van der Waals surface area contributed by atoms with Crippen LogP contribution in [0.5, 0.6) is 0 Å². The van der Waals surface area contributed by atoms with E-state index in [2.05, 4.69) is 22.0 Å². The lowest BCUT2D eigenvalue weighted by Crippen LogP contribution is -2.63. The summed E-state index contributed by atoms with van der Waals surface area (Å²) in [5, 5.41) is 13.3. The fraction of sp³-hybridized carbons (Fsp3) is 0.938. The van der Waals surface area contributed by atoms with Gasteiger partial charge in [0.2, 0.25) is 0 Å². The van der Waals surface area contributed by atoms with Gasteiger partial charge < -0.3 is 10.4 Å². The second-order valence-electron chi connectivity index (χ2n) is 7.04. The molecule has 1 aliphatic carbocycles. The van der Waals surface area contributed by atoms with Gasteiger partial charge in [0.1, 0.15) is 5.54 Å². The van der Waals surface area contributed by atoms with Crippen LogP contribution in [0.1, 0.15) is 39.0 Å². The van der Waals surface area contributed by atoms with Crippen molar-refractivity contribution in [2.45, 2.75) is 50.6 Å². The number of nitrogens with zero attached hydrogens (tertiary/aromatic N) is 2. The lowest BCUT2D eigenvalue weighted by atomic mass is 9.91. The van der Waals surface area contributed by atoms with Crippen molar-refractivity contribution in [2.75, 3.05) is 39.3 Å². The molecule has 120 valence electrons. The highest BCUT2D eigenvalue weighted by molar-refractivity contribution is 5.80. The third-order valence-corrected chi connectivity index (χ3v) is 5.49. The van der Waals surface area contributed by atoms with Gasteiger partial charge in [0.15, 0.2) is 0 Å². The Bertz CT molecular complexity index is 386. The van der Waals surface area contributed by atoms with Crippen molar-refractivity contribution in [3.63, 3.8) is 0 Å². The van der Waals surface area contributed by atoms with E-state index in [1.54, 1.807) is 0 Å². The monoisotopic (exact) mass is 295 g/mol. The Labute approximate surface area is 127 Å². The molecule has 0 aromatic rings. The molecule has 5 heteroatoms. The Hall–Kier alpha value is -0.650. The number of hydrogen-bond acceptors (Lipinski definition) is 4. The molecule has 0 aromatic heterocycles. The molecule has 0 bridgehead atoms. The van der Waals surface area contributed by atoms with Crippen LogP contribution >= 0.6 is 0 Å². The van der Waals surface area contributed by atoms with Gasteiger partial charge in [-0.05, 0) is 51.1 Å². The molecular weight excluding hydrogens is 266 g/mol. The van der Waals surface area contributed by atoms with E-state index in [0.29, 0.717) is 18.5 Å². The maximum absolute atomic E-state index is 12.0. The van der Waals surface area contributed by atoms with Gasteiger partial charge in [0, 0.05) is 32.2 Å². The third-order valence-electron chi connectivity index (χ3n) is 5.49. The van der Waals surface area contributed by atoms with E-state index >= 15 is 0 Å². The van der Waals surface area contributed by atoms with Gasteiger partial charge in [-0.2, -0.15) is 0 Å². The lowest BCUT2D eigenvalue weighted by Gasteiger charge is -2.42. The lowest BCUT2D eigenvalue weighted by molar-refractivity contribution is -0.147. The molecule has 1 saturated carbocycles. The molecule has 2 N–H and O–H groups in total. The van der Waals surface area contributed by atoms with Gasteiger partial charge in [0.05, 0.1) is 0 Å². The van der Waals surface area contributed by atoms with Crippen LogP contribution in [0.3, 0.4) is 0 Å². The van der Waals surface area contributed by atoms with Crippen LogP contribution in [0.15, 0.2) is 0 Å². The smallest absolute Gasteiger partial charge is 0.325 e. The van der Waals surface area contributed by atoms with Crippen molar-refractivity contribution >= 4 is 5.97 Å². The molecule has 0 amide bonds. The molecule has 2 heterocycles. The van der Waals surface area contributed by atoms with Gasteiger partial charge in [-0.3, -0.25) is 14.6 Å². The van der Waals surface area contributed by atoms with Gasteiger partial charge in [-0.15, -0.1) is 0 Å². The Morgan fingerprint density at radius 1 is 1.29 bits per heavy atom. The van der Waals surface area contributed by atoms with Crippen LogP contribution in [0.2, 0.25) is 0 Å². The Balaban J connectivity index is 1.67. The standard InChI is InChI=1S/C16H29N3O2/c1-2-7-17-16(15(20)21,13-5-6-13)12-18-9-10-19-8-3-4-14(19)11-18/h13-14,17H,2-12H2,1H3,(H,20,21). The predicted octanol–water partition coefficient (Wildman–Crippen LogP) is 0.999. The van der Waals surface area contributed by atoms with Crippen molar-refractivity contribution in [1.82, 2.24) is 15.1 Å². The molecule has 2 atom stereocenters. The van der Waals surface area contributed by atoms with Crippen LogP contribution in [-0.4, -0.2) is 71.7 Å². The first kappa shape index (κ1) is 15.3. The van der Waals surface area contributed by atoms with Crippen LogP contribution in [0, 0.1) is 5.92 Å². The SMILES string of the molecule is CCCNC(CN1CCN2CCCC2C1)(C(=O)O)C1CC1. The van der Waals surface area contributed by atoms with Gasteiger partial charge >= 0.3 is 5.97 Å². The van der Waals surface area contributed by atoms with Crippen molar-refractivity contribution < 1.29 is 9.90 Å². The Kier molecular flexibility index (Phi) is 4.52. The highest BCUT2D eigenvalue weighted by atomic mass is 16.4. The summed E-state index contributed by atoms with van der Waals surface area (Å²) in [6.45, 7) is 7.99.